The van der Waals surface area contributed by atoms with Crippen molar-refractivity contribution in [1.29, 1.82) is 0 Å². The van der Waals surface area contributed by atoms with Crippen molar-refractivity contribution in [3.63, 3.8) is 0 Å². The van der Waals surface area contributed by atoms with Gasteiger partial charge in [-0.3, -0.25) is 14.5 Å². The Morgan fingerprint density at radius 3 is 2.57 bits per heavy atom. The number of carbonyl (C=O) groups excluding carboxylic acids is 2. The van der Waals surface area contributed by atoms with E-state index in [0.29, 0.717) is 25.8 Å². The van der Waals surface area contributed by atoms with E-state index in [1.54, 1.807) is 24.3 Å². The zero-order valence-electron chi connectivity index (χ0n) is 10.6. The number of hydrogen-bond donors (Lipinski definition) is 0. The summed E-state index contributed by atoms with van der Waals surface area (Å²) in [6.07, 6.45) is 0. The zero-order chi connectivity index (χ0) is 15.1. The Morgan fingerprint density at radius 2 is 1.86 bits per heavy atom. The highest BCUT2D eigenvalue weighted by atomic mass is 79.9. The summed E-state index contributed by atoms with van der Waals surface area (Å²) in [5, 5.41) is 0. The van der Waals surface area contributed by atoms with Gasteiger partial charge in [-0.2, -0.15) is 0 Å². The van der Waals surface area contributed by atoms with Crippen LogP contribution in [0.25, 0.3) is 0 Å². The Labute approximate surface area is 137 Å². The molecule has 0 saturated carbocycles. The lowest BCUT2D eigenvalue weighted by atomic mass is 10.1. The van der Waals surface area contributed by atoms with E-state index in [9.17, 15) is 14.0 Å². The molecule has 0 aliphatic carbocycles. The third-order valence-corrected chi connectivity index (χ3v) is 4.30. The Morgan fingerprint density at radius 1 is 1.10 bits per heavy atom. The maximum Gasteiger partial charge on any atom is 0.299 e. The number of carbonyl (C=O) groups is 2. The van der Waals surface area contributed by atoms with Gasteiger partial charge in [-0.1, -0.05) is 22.0 Å². The molecule has 2 aromatic rings. The Bertz CT molecular complexity index is 756. The number of anilines is 1. The summed E-state index contributed by atoms with van der Waals surface area (Å²) >= 11 is 6.57. The number of benzene rings is 2. The van der Waals surface area contributed by atoms with Gasteiger partial charge in [0.15, 0.2) is 0 Å². The summed E-state index contributed by atoms with van der Waals surface area (Å²) in [6.45, 7) is 0.135. The van der Waals surface area contributed by atoms with Crippen molar-refractivity contribution in [2.24, 2.45) is 0 Å². The number of rotatable bonds is 2. The fourth-order valence-corrected chi connectivity index (χ4v) is 3.44. The molecule has 0 unspecified atom stereocenters. The zero-order valence-corrected chi connectivity index (χ0v) is 13.7. The minimum atomic E-state index is -0.600. The lowest BCUT2D eigenvalue weighted by Gasteiger charge is -2.18. The molecular weight excluding hydrogens is 405 g/mol. The van der Waals surface area contributed by atoms with Crippen LogP contribution in [0.5, 0.6) is 0 Å². The molecule has 1 aliphatic heterocycles. The highest BCUT2D eigenvalue weighted by Gasteiger charge is 2.37. The summed E-state index contributed by atoms with van der Waals surface area (Å²) in [5.41, 5.74) is 1.50. The second kappa shape index (κ2) is 5.35. The van der Waals surface area contributed by atoms with E-state index in [1.807, 2.05) is 0 Å². The van der Waals surface area contributed by atoms with E-state index in [4.69, 9.17) is 0 Å². The second-order valence-electron chi connectivity index (χ2n) is 4.63. The van der Waals surface area contributed by atoms with Crippen LogP contribution in [0.4, 0.5) is 10.1 Å². The van der Waals surface area contributed by atoms with Gasteiger partial charge < -0.3 is 0 Å². The van der Waals surface area contributed by atoms with Crippen molar-refractivity contribution in [2.45, 2.75) is 6.54 Å². The number of halogens is 3. The Kier molecular flexibility index (Phi) is 3.67. The molecular formula is C15H8Br2FNO2. The van der Waals surface area contributed by atoms with Crippen molar-refractivity contribution in [3.8, 4) is 0 Å². The first kappa shape index (κ1) is 14.4. The molecule has 0 N–H and O–H groups in total. The van der Waals surface area contributed by atoms with Gasteiger partial charge in [-0.15, -0.1) is 0 Å². The summed E-state index contributed by atoms with van der Waals surface area (Å²) in [5.74, 6) is -1.54. The Hall–Kier alpha value is -1.53. The molecule has 0 bridgehead atoms. The first-order valence-corrected chi connectivity index (χ1v) is 7.65. The minimum absolute atomic E-state index is 0.135. The first-order chi connectivity index (χ1) is 9.97. The predicted molar refractivity (Wildman–Crippen MR) is 83.8 cm³/mol. The largest absolute Gasteiger partial charge is 0.299 e. The van der Waals surface area contributed by atoms with E-state index in [0.717, 1.165) is 0 Å². The van der Waals surface area contributed by atoms with Gasteiger partial charge in [0.25, 0.3) is 11.7 Å². The quantitative estimate of drug-likeness (QED) is 0.697. The standard InChI is InChI=1S/C15H8Br2FNO2/c16-9-4-8(5-10(18)6-9)7-19-13-11(14(20)15(19)21)2-1-3-12(13)17/h1-6H,7H2. The van der Waals surface area contributed by atoms with Gasteiger partial charge in [-0.05, 0) is 51.8 Å². The summed E-state index contributed by atoms with van der Waals surface area (Å²) in [7, 11) is 0. The summed E-state index contributed by atoms with van der Waals surface area (Å²) < 4.78 is 14.7. The monoisotopic (exact) mass is 411 g/mol. The van der Waals surface area contributed by atoms with E-state index in [-0.39, 0.29) is 6.54 Å². The maximum atomic E-state index is 13.4. The smallest absolute Gasteiger partial charge is 0.299 e. The fraction of sp³-hybridized carbons (Fsp3) is 0.0667. The number of fused-ring (bicyclic) bond motifs is 1. The van der Waals surface area contributed by atoms with Gasteiger partial charge in [0.2, 0.25) is 0 Å². The molecule has 106 valence electrons. The molecule has 6 heteroatoms. The Balaban J connectivity index is 2.04. The van der Waals surface area contributed by atoms with Gasteiger partial charge in [0.05, 0.1) is 17.8 Å². The van der Waals surface area contributed by atoms with Crippen LogP contribution >= 0.6 is 31.9 Å². The molecule has 0 spiro atoms. The summed E-state index contributed by atoms with van der Waals surface area (Å²) in [4.78, 5) is 25.5. The minimum Gasteiger partial charge on any atom is -0.299 e. The number of amides is 1. The first-order valence-electron chi connectivity index (χ1n) is 6.07. The molecule has 21 heavy (non-hydrogen) atoms. The van der Waals surface area contributed by atoms with Crippen LogP contribution in [-0.4, -0.2) is 11.7 Å². The van der Waals surface area contributed by atoms with Crippen LogP contribution in [0.15, 0.2) is 45.3 Å². The average Bonchev–Trinajstić information content (AvgIpc) is 2.64. The van der Waals surface area contributed by atoms with Crippen molar-refractivity contribution < 1.29 is 14.0 Å². The third-order valence-electron chi connectivity index (χ3n) is 3.20. The molecule has 1 heterocycles. The van der Waals surface area contributed by atoms with E-state index >= 15 is 0 Å². The number of hydrogen-bond acceptors (Lipinski definition) is 2. The SMILES string of the molecule is O=C1C(=O)N(Cc2cc(F)cc(Br)c2)c2c(Br)cccc21. The molecule has 0 saturated heterocycles. The van der Waals surface area contributed by atoms with Gasteiger partial charge in [0.1, 0.15) is 5.82 Å². The highest BCUT2D eigenvalue weighted by molar-refractivity contribution is 9.10. The number of ketones is 1. The van der Waals surface area contributed by atoms with Crippen LogP contribution in [-0.2, 0) is 11.3 Å². The van der Waals surface area contributed by atoms with Crippen molar-refractivity contribution in [2.75, 3.05) is 4.90 Å². The molecule has 0 aromatic heterocycles. The van der Waals surface area contributed by atoms with E-state index in [2.05, 4.69) is 31.9 Å². The molecule has 1 aliphatic rings. The van der Waals surface area contributed by atoms with Crippen LogP contribution in [0.1, 0.15) is 15.9 Å². The second-order valence-corrected chi connectivity index (χ2v) is 6.40. The van der Waals surface area contributed by atoms with Gasteiger partial charge >= 0.3 is 0 Å². The molecule has 0 radical (unpaired) electrons. The fourth-order valence-electron chi connectivity index (χ4n) is 2.35. The lowest BCUT2D eigenvalue weighted by Crippen LogP contribution is -2.29. The number of Topliss-reactive ketones (excluding diaryl/α,β-unsaturated/α-hetero) is 1. The normalized spacial score (nSPS) is 13.8. The molecule has 2 aromatic carbocycles. The topological polar surface area (TPSA) is 37.4 Å². The molecule has 0 atom stereocenters. The molecule has 3 rings (SSSR count). The number of para-hydroxylation sites is 1. The van der Waals surface area contributed by atoms with Crippen molar-refractivity contribution in [1.82, 2.24) is 0 Å². The molecule has 1 amide bonds. The average molecular weight is 413 g/mol. The third kappa shape index (κ3) is 2.53. The highest BCUT2D eigenvalue weighted by Crippen LogP contribution is 2.37. The van der Waals surface area contributed by atoms with Crippen LogP contribution in [0.2, 0.25) is 0 Å². The van der Waals surface area contributed by atoms with Crippen molar-refractivity contribution in [3.05, 3.63) is 62.3 Å². The van der Waals surface area contributed by atoms with Crippen LogP contribution < -0.4 is 4.90 Å². The van der Waals surface area contributed by atoms with E-state index in [1.165, 1.54) is 17.0 Å². The number of nitrogens with zero attached hydrogens (tertiary/aromatic N) is 1. The van der Waals surface area contributed by atoms with E-state index < -0.39 is 17.5 Å². The van der Waals surface area contributed by atoms with Gasteiger partial charge in [0, 0.05) is 8.95 Å². The van der Waals surface area contributed by atoms with Crippen molar-refractivity contribution >= 4 is 49.2 Å². The molecule has 0 fully saturated rings. The van der Waals surface area contributed by atoms with Crippen LogP contribution in [0, 0.1) is 5.82 Å². The predicted octanol–water partition coefficient (Wildman–Crippen LogP) is 4.08. The summed E-state index contributed by atoms with van der Waals surface area (Å²) in [6, 6.07) is 9.48. The van der Waals surface area contributed by atoms with Crippen LogP contribution in [0.3, 0.4) is 0 Å². The molecule has 3 nitrogen and oxygen atoms in total. The lowest BCUT2D eigenvalue weighted by molar-refractivity contribution is -0.114. The maximum absolute atomic E-state index is 13.4. The van der Waals surface area contributed by atoms with Gasteiger partial charge in [-0.25, -0.2) is 4.39 Å².